The van der Waals surface area contributed by atoms with Crippen molar-refractivity contribution in [1.82, 2.24) is 0 Å². The molecule has 0 unspecified atom stereocenters. The molecule has 188 valence electrons. The minimum Gasteiger partial charge on any atom is -0.490 e. The number of rotatable bonds is 6. The Hall–Kier alpha value is -1.93. The molecule has 5 rings (SSSR count). The molecule has 2 aromatic carbocycles. The molecule has 1 spiro atoms. The Kier molecular flexibility index (Phi) is 7.22. The molecular weight excluding hydrogens is 486 g/mol. The first-order valence-electron chi connectivity index (χ1n) is 12.2. The summed E-state index contributed by atoms with van der Waals surface area (Å²) in [6, 6.07) is 11.7. The van der Waals surface area contributed by atoms with Gasteiger partial charge in [-0.25, -0.2) is 4.79 Å². The van der Waals surface area contributed by atoms with Crippen LogP contribution in [0.1, 0.15) is 47.2 Å². The average molecular weight is 518 g/mol. The van der Waals surface area contributed by atoms with Crippen molar-refractivity contribution < 1.29 is 24.5 Å². The van der Waals surface area contributed by atoms with E-state index < -0.39 is 5.44 Å². The summed E-state index contributed by atoms with van der Waals surface area (Å²) < 4.78 is 11.4. The molecule has 2 aromatic rings. The Bertz CT molecular complexity index is 1100. The van der Waals surface area contributed by atoms with Gasteiger partial charge in [-0.2, -0.15) is 0 Å². The first-order valence-corrected chi connectivity index (χ1v) is 13.7. The van der Waals surface area contributed by atoms with Gasteiger partial charge in [0.1, 0.15) is 11.2 Å². The van der Waals surface area contributed by atoms with E-state index in [9.17, 15) is 15.0 Å². The van der Waals surface area contributed by atoms with E-state index in [-0.39, 0.29) is 23.2 Å². The Morgan fingerprint density at radius 3 is 2.91 bits per heavy atom. The number of nitrogens with zero attached hydrogens (tertiary/aromatic N) is 1. The van der Waals surface area contributed by atoms with Crippen molar-refractivity contribution in [3.8, 4) is 5.75 Å². The Morgan fingerprint density at radius 1 is 1.31 bits per heavy atom. The minimum atomic E-state index is -0.575. The van der Waals surface area contributed by atoms with Gasteiger partial charge in [0.2, 0.25) is 0 Å². The molecule has 3 aliphatic rings. The number of ether oxygens (including phenoxy) is 2. The van der Waals surface area contributed by atoms with Crippen LogP contribution in [0.5, 0.6) is 5.75 Å². The number of benzene rings is 2. The predicted molar refractivity (Wildman–Crippen MR) is 138 cm³/mol. The molecule has 6 nitrogen and oxygen atoms in total. The van der Waals surface area contributed by atoms with E-state index in [0.717, 1.165) is 61.7 Å². The van der Waals surface area contributed by atoms with Gasteiger partial charge in [-0.05, 0) is 85.4 Å². The van der Waals surface area contributed by atoms with E-state index in [1.165, 1.54) is 30.0 Å². The van der Waals surface area contributed by atoms with Crippen LogP contribution in [0.2, 0.25) is 5.02 Å². The lowest BCUT2D eigenvalue weighted by Gasteiger charge is -2.45. The Morgan fingerprint density at radius 2 is 2.17 bits per heavy atom. The Labute approximate surface area is 215 Å². The van der Waals surface area contributed by atoms with Crippen LogP contribution < -0.4 is 9.64 Å². The quantitative estimate of drug-likeness (QED) is 0.427. The van der Waals surface area contributed by atoms with Crippen LogP contribution in [0.4, 0.5) is 5.69 Å². The molecule has 1 aliphatic heterocycles. The summed E-state index contributed by atoms with van der Waals surface area (Å²) in [7, 11) is 1.39. The van der Waals surface area contributed by atoms with Crippen LogP contribution in [0.15, 0.2) is 36.4 Å². The molecule has 0 radical (unpaired) electrons. The molecule has 2 N–H and O–H groups in total. The van der Waals surface area contributed by atoms with Crippen LogP contribution in [0, 0.1) is 11.8 Å². The van der Waals surface area contributed by atoms with E-state index in [1.807, 2.05) is 18.2 Å². The van der Waals surface area contributed by atoms with Gasteiger partial charge in [0, 0.05) is 23.5 Å². The summed E-state index contributed by atoms with van der Waals surface area (Å²) in [6.45, 7) is 2.06. The fourth-order valence-corrected chi connectivity index (χ4v) is 6.99. The monoisotopic (exact) mass is 517 g/mol. The molecule has 1 heterocycles. The number of aryl methyl sites for hydroxylation is 1. The number of esters is 1. The smallest absolute Gasteiger partial charge is 0.337 e. The Balaban J connectivity index is 1.52. The van der Waals surface area contributed by atoms with Gasteiger partial charge in [-0.1, -0.05) is 17.7 Å². The summed E-state index contributed by atoms with van der Waals surface area (Å²) in [5.41, 5.74) is 3.19. The number of anilines is 1. The molecule has 35 heavy (non-hydrogen) atoms. The van der Waals surface area contributed by atoms with E-state index >= 15 is 0 Å². The minimum absolute atomic E-state index is 0.0876. The molecule has 1 fully saturated rings. The number of aliphatic hydroxyl groups excluding tert-OH is 2. The number of hydrogen-bond donors (Lipinski definition) is 2. The maximum absolute atomic E-state index is 12.3. The fraction of sp³-hybridized carbons (Fsp3) is 0.519. The van der Waals surface area contributed by atoms with Gasteiger partial charge in [-0.3, -0.25) is 0 Å². The topological polar surface area (TPSA) is 79.2 Å². The van der Waals surface area contributed by atoms with Crippen LogP contribution in [0.3, 0.4) is 0 Å². The van der Waals surface area contributed by atoms with Crippen molar-refractivity contribution in [3.63, 3.8) is 0 Å². The molecule has 4 atom stereocenters. The SMILES string of the molecule is COC(=O)c1ccc2c(c1)N(C[C@@H]1CC[C@H]1[C@@H](O)SCO)C[C@@]1(CCCc3cc(Cl)ccc31)CO2. The zero-order chi connectivity index (χ0) is 24.6. The van der Waals surface area contributed by atoms with Crippen molar-refractivity contribution in [2.45, 2.75) is 43.0 Å². The maximum Gasteiger partial charge on any atom is 0.337 e. The lowest BCUT2D eigenvalue weighted by atomic mass is 9.69. The first kappa shape index (κ1) is 24.8. The van der Waals surface area contributed by atoms with Crippen LogP contribution >= 0.6 is 23.4 Å². The number of carbonyl (C=O) groups is 1. The molecule has 0 saturated heterocycles. The molecule has 0 amide bonds. The number of aliphatic hydroxyl groups is 2. The number of fused-ring (bicyclic) bond motifs is 3. The number of thioether (sulfide) groups is 1. The van der Waals surface area contributed by atoms with E-state index in [4.69, 9.17) is 21.1 Å². The van der Waals surface area contributed by atoms with Gasteiger partial charge in [-0.15, -0.1) is 11.8 Å². The highest BCUT2D eigenvalue weighted by Crippen LogP contribution is 2.47. The highest BCUT2D eigenvalue weighted by Gasteiger charge is 2.44. The van der Waals surface area contributed by atoms with Crippen LogP contribution in [0.25, 0.3) is 0 Å². The maximum atomic E-state index is 12.3. The molecule has 8 heteroatoms. The molecule has 0 bridgehead atoms. The number of methoxy groups -OCH3 is 1. The zero-order valence-electron chi connectivity index (χ0n) is 19.9. The van der Waals surface area contributed by atoms with E-state index in [1.54, 1.807) is 6.07 Å². The second kappa shape index (κ2) is 10.2. The third-order valence-corrected chi connectivity index (χ3v) is 9.08. The van der Waals surface area contributed by atoms with E-state index in [2.05, 4.69) is 17.0 Å². The number of halogens is 1. The van der Waals surface area contributed by atoms with Gasteiger partial charge in [0.05, 0.1) is 30.9 Å². The van der Waals surface area contributed by atoms with Crippen molar-refractivity contribution in [2.75, 3.05) is 37.6 Å². The largest absolute Gasteiger partial charge is 0.490 e. The lowest BCUT2D eigenvalue weighted by Crippen LogP contribution is -2.49. The third kappa shape index (κ3) is 4.76. The standard InChI is InChI=1S/C27H32ClNO5S/c1-33-25(31)18-5-9-24-23(12-18)29(13-19-4-7-21(19)26(32)35-16-30)14-27(15-34-24)10-2-3-17-11-20(28)6-8-22(17)27/h5-6,8-9,11-12,19,21,26,30,32H,2-4,7,10,13-16H2,1H3/t19-,21+,26-,27-/m0/s1. The number of hydrogen-bond acceptors (Lipinski definition) is 7. The van der Waals surface area contributed by atoms with Crippen molar-refractivity contribution in [2.24, 2.45) is 11.8 Å². The van der Waals surface area contributed by atoms with Gasteiger partial charge < -0.3 is 24.6 Å². The first-order chi connectivity index (χ1) is 16.9. The summed E-state index contributed by atoms with van der Waals surface area (Å²) in [5, 5.41) is 20.6. The van der Waals surface area contributed by atoms with Gasteiger partial charge in [0.15, 0.2) is 0 Å². The second-order valence-corrected chi connectivity index (χ2v) is 11.5. The summed E-state index contributed by atoms with van der Waals surface area (Å²) in [6.07, 6.45) is 5.05. The van der Waals surface area contributed by atoms with Crippen molar-refractivity contribution in [1.29, 1.82) is 0 Å². The molecule has 0 aromatic heterocycles. The lowest BCUT2D eigenvalue weighted by molar-refractivity contribution is 0.0600. The summed E-state index contributed by atoms with van der Waals surface area (Å²) in [5.74, 6) is 0.729. The molecular formula is C27H32ClNO5S. The van der Waals surface area contributed by atoms with Crippen molar-refractivity contribution in [3.05, 3.63) is 58.1 Å². The molecule has 1 saturated carbocycles. The normalized spacial score (nSPS) is 26.1. The summed E-state index contributed by atoms with van der Waals surface area (Å²) >= 11 is 7.52. The second-order valence-electron chi connectivity index (χ2n) is 9.97. The fourth-order valence-electron chi connectivity index (χ4n) is 6.04. The van der Waals surface area contributed by atoms with Crippen LogP contribution in [-0.2, 0) is 16.6 Å². The highest BCUT2D eigenvalue weighted by molar-refractivity contribution is 7.99. The average Bonchev–Trinajstić information content (AvgIpc) is 2.98. The predicted octanol–water partition coefficient (Wildman–Crippen LogP) is 4.63. The van der Waals surface area contributed by atoms with Crippen molar-refractivity contribution >= 4 is 35.0 Å². The van der Waals surface area contributed by atoms with Gasteiger partial charge >= 0.3 is 5.97 Å². The highest BCUT2D eigenvalue weighted by atomic mass is 35.5. The zero-order valence-corrected chi connectivity index (χ0v) is 21.5. The summed E-state index contributed by atoms with van der Waals surface area (Å²) in [4.78, 5) is 14.7. The van der Waals surface area contributed by atoms with E-state index in [0.29, 0.717) is 18.1 Å². The van der Waals surface area contributed by atoms with Crippen LogP contribution in [-0.4, -0.2) is 54.4 Å². The third-order valence-electron chi connectivity index (χ3n) is 8.00. The molecule has 2 aliphatic carbocycles. The van der Waals surface area contributed by atoms with Gasteiger partial charge in [0.25, 0.3) is 0 Å². The number of carbonyl (C=O) groups excluding carboxylic acids is 1.